The fraction of sp³-hybridized carbons (Fsp3) is 0.143. The molecule has 132 valence electrons. The maximum Gasteiger partial charge on any atom is 0.274 e. The van der Waals surface area contributed by atoms with Crippen molar-refractivity contribution in [3.05, 3.63) is 77.6 Å². The van der Waals surface area contributed by atoms with E-state index in [2.05, 4.69) is 15.6 Å². The van der Waals surface area contributed by atoms with Gasteiger partial charge in [-0.05, 0) is 67.4 Å². The number of carbonyl (C=O) groups excluding carboxylic acids is 1. The van der Waals surface area contributed by atoms with Crippen molar-refractivity contribution in [2.45, 2.75) is 13.8 Å². The first-order chi connectivity index (χ1) is 12.6. The van der Waals surface area contributed by atoms with Crippen LogP contribution in [0.3, 0.4) is 0 Å². The number of hydrogen-bond donors (Lipinski definition) is 2. The predicted octanol–water partition coefficient (Wildman–Crippen LogP) is 4.70. The number of methoxy groups -OCH3 is 1. The maximum atomic E-state index is 12.5. The zero-order valence-electron chi connectivity index (χ0n) is 15.0. The summed E-state index contributed by atoms with van der Waals surface area (Å²) >= 11 is 0. The Balaban J connectivity index is 1.75. The van der Waals surface area contributed by atoms with Crippen LogP contribution >= 0.6 is 0 Å². The molecule has 3 aromatic rings. The lowest BCUT2D eigenvalue weighted by molar-refractivity contribution is 0.102. The number of hydrogen-bond acceptors (Lipinski definition) is 4. The first-order valence-electron chi connectivity index (χ1n) is 8.31. The molecule has 5 nitrogen and oxygen atoms in total. The van der Waals surface area contributed by atoms with E-state index in [1.54, 1.807) is 19.4 Å². The summed E-state index contributed by atoms with van der Waals surface area (Å²) in [5, 5.41) is 6.19. The Morgan fingerprint density at radius 3 is 2.50 bits per heavy atom. The van der Waals surface area contributed by atoms with Gasteiger partial charge in [-0.1, -0.05) is 12.1 Å². The molecule has 0 spiro atoms. The molecule has 0 radical (unpaired) electrons. The van der Waals surface area contributed by atoms with Crippen molar-refractivity contribution in [3.8, 4) is 5.75 Å². The molecule has 5 heteroatoms. The topological polar surface area (TPSA) is 63.2 Å². The van der Waals surface area contributed by atoms with Gasteiger partial charge in [0.05, 0.1) is 7.11 Å². The van der Waals surface area contributed by atoms with Gasteiger partial charge in [-0.25, -0.2) is 0 Å². The van der Waals surface area contributed by atoms with Crippen molar-refractivity contribution >= 4 is 23.0 Å². The van der Waals surface area contributed by atoms with Crippen molar-refractivity contribution in [3.63, 3.8) is 0 Å². The number of amides is 1. The third-order valence-corrected chi connectivity index (χ3v) is 4.22. The van der Waals surface area contributed by atoms with Crippen molar-refractivity contribution in [1.29, 1.82) is 0 Å². The van der Waals surface area contributed by atoms with E-state index in [0.29, 0.717) is 5.69 Å². The molecule has 1 aromatic heterocycles. The molecule has 0 bridgehead atoms. The Kier molecular flexibility index (Phi) is 5.17. The molecule has 0 aliphatic rings. The normalized spacial score (nSPS) is 10.3. The van der Waals surface area contributed by atoms with Gasteiger partial charge in [0.25, 0.3) is 5.91 Å². The van der Waals surface area contributed by atoms with Gasteiger partial charge in [0.1, 0.15) is 11.4 Å². The molecule has 2 aromatic carbocycles. The molecule has 0 aliphatic heterocycles. The number of nitrogens with zero attached hydrogens (tertiary/aromatic N) is 1. The molecule has 0 saturated heterocycles. The van der Waals surface area contributed by atoms with Gasteiger partial charge in [-0.3, -0.25) is 9.78 Å². The minimum Gasteiger partial charge on any atom is -0.497 e. The highest BCUT2D eigenvalue weighted by Gasteiger charge is 2.10. The number of carbonyl (C=O) groups is 1. The SMILES string of the molecule is COc1ccc(Nc2ccnc(C(=O)Nc3cccc(C)c3C)c2)cc1. The summed E-state index contributed by atoms with van der Waals surface area (Å²) in [4.78, 5) is 16.7. The van der Waals surface area contributed by atoms with Crippen LogP contribution in [-0.4, -0.2) is 18.0 Å². The fourth-order valence-electron chi connectivity index (χ4n) is 2.55. The van der Waals surface area contributed by atoms with Crippen LogP contribution in [-0.2, 0) is 0 Å². The molecule has 3 rings (SSSR count). The Morgan fingerprint density at radius 2 is 1.77 bits per heavy atom. The second kappa shape index (κ2) is 7.70. The van der Waals surface area contributed by atoms with Crippen LogP contribution in [0.2, 0.25) is 0 Å². The molecule has 0 aliphatic carbocycles. The number of aromatic nitrogens is 1. The van der Waals surface area contributed by atoms with Crippen LogP contribution in [0.25, 0.3) is 0 Å². The molecular formula is C21H21N3O2. The van der Waals surface area contributed by atoms with Gasteiger partial charge in [-0.2, -0.15) is 0 Å². The largest absolute Gasteiger partial charge is 0.497 e. The molecule has 0 fully saturated rings. The second-order valence-electron chi connectivity index (χ2n) is 5.98. The second-order valence-corrected chi connectivity index (χ2v) is 5.98. The summed E-state index contributed by atoms with van der Waals surface area (Å²) in [5.74, 6) is 0.552. The summed E-state index contributed by atoms with van der Waals surface area (Å²) in [6.45, 7) is 4.00. The third-order valence-electron chi connectivity index (χ3n) is 4.22. The van der Waals surface area contributed by atoms with E-state index < -0.39 is 0 Å². The summed E-state index contributed by atoms with van der Waals surface area (Å²) in [6, 6.07) is 16.9. The molecular weight excluding hydrogens is 326 g/mol. The Bertz CT molecular complexity index is 921. The minimum atomic E-state index is -0.239. The van der Waals surface area contributed by atoms with Crippen LogP contribution in [0.1, 0.15) is 21.6 Å². The van der Waals surface area contributed by atoms with E-state index in [0.717, 1.165) is 33.9 Å². The average Bonchev–Trinajstić information content (AvgIpc) is 2.66. The Labute approximate surface area is 153 Å². The minimum absolute atomic E-state index is 0.239. The van der Waals surface area contributed by atoms with Crippen molar-refractivity contribution in [1.82, 2.24) is 4.98 Å². The maximum absolute atomic E-state index is 12.5. The number of nitrogens with one attached hydrogen (secondary N) is 2. The average molecular weight is 347 g/mol. The highest BCUT2D eigenvalue weighted by Crippen LogP contribution is 2.21. The molecule has 26 heavy (non-hydrogen) atoms. The third kappa shape index (κ3) is 4.00. The van der Waals surface area contributed by atoms with Gasteiger partial charge in [0.2, 0.25) is 0 Å². The Hall–Kier alpha value is -3.34. The molecule has 2 N–H and O–H groups in total. The highest BCUT2D eigenvalue weighted by molar-refractivity contribution is 6.03. The van der Waals surface area contributed by atoms with E-state index in [-0.39, 0.29) is 5.91 Å². The summed E-state index contributed by atoms with van der Waals surface area (Å²) < 4.78 is 5.15. The summed E-state index contributed by atoms with van der Waals surface area (Å²) in [6.07, 6.45) is 1.61. The van der Waals surface area contributed by atoms with Gasteiger partial charge >= 0.3 is 0 Å². The fourth-order valence-corrected chi connectivity index (χ4v) is 2.55. The van der Waals surface area contributed by atoms with E-state index in [1.165, 1.54) is 0 Å². The lowest BCUT2D eigenvalue weighted by atomic mass is 10.1. The molecule has 0 atom stereocenters. The number of rotatable bonds is 5. The quantitative estimate of drug-likeness (QED) is 0.702. The van der Waals surface area contributed by atoms with Crippen molar-refractivity contribution in [2.75, 3.05) is 17.7 Å². The van der Waals surface area contributed by atoms with Crippen molar-refractivity contribution in [2.24, 2.45) is 0 Å². The summed E-state index contributed by atoms with van der Waals surface area (Å²) in [5.41, 5.74) is 5.02. The first kappa shape index (κ1) is 17.5. The number of aryl methyl sites for hydroxylation is 1. The lowest BCUT2D eigenvalue weighted by Gasteiger charge is -2.11. The van der Waals surface area contributed by atoms with Crippen LogP contribution in [0.5, 0.6) is 5.75 Å². The summed E-state index contributed by atoms with van der Waals surface area (Å²) in [7, 11) is 1.63. The zero-order chi connectivity index (χ0) is 18.5. The highest BCUT2D eigenvalue weighted by atomic mass is 16.5. The van der Waals surface area contributed by atoms with Crippen LogP contribution in [0.15, 0.2) is 60.8 Å². The number of pyridine rings is 1. The van der Waals surface area contributed by atoms with E-state index in [4.69, 9.17) is 4.74 Å². The smallest absolute Gasteiger partial charge is 0.274 e. The van der Waals surface area contributed by atoms with Crippen LogP contribution in [0.4, 0.5) is 17.1 Å². The van der Waals surface area contributed by atoms with E-state index in [1.807, 2.05) is 62.4 Å². The van der Waals surface area contributed by atoms with Crippen molar-refractivity contribution < 1.29 is 9.53 Å². The zero-order valence-corrected chi connectivity index (χ0v) is 15.0. The predicted molar refractivity (Wildman–Crippen MR) is 104 cm³/mol. The molecule has 0 saturated carbocycles. The standard InChI is InChI=1S/C21H21N3O2/c1-14-5-4-6-19(15(14)2)24-21(25)20-13-17(11-12-22-20)23-16-7-9-18(26-3)10-8-16/h4-13H,1-3H3,(H,22,23)(H,24,25). The lowest BCUT2D eigenvalue weighted by Crippen LogP contribution is -2.14. The van der Waals surface area contributed by atoms with E-state index in [9.17, 15) is 4.79 Å². The van der Waals surface area contributed by atoms with Gasteiger partial charge in [-0.15, -0.1) is 0 Å². The molecule has 1 amide bonds. The molecule has 1 heterocycles. The van der Waals surface area contributed by atoms with Crippen LogP contribution < -0.4 is 15.4 Å². The van der Waals surface area contributed by atoms with Crippen LogP contribution in [0, 0.1) is 13.8 Å². The number of ether oxygens (including phenoxy) is 1. The van der Waals surface area contributed by atoms with E-state index >= 15 is 0 Å². The molecule has 0 unspecified atom stereocenters. The Morgan fingerprint density at radius 1 is 1.00 bits per heavy atom. The number of anilines is 3. The first-order valence-corrected chi connectivity index (χ1v) is 8.31. The van der Waals surface area contributed by atoms with Gasteiger partial charge < -0.3 is 15.4 Å². The van der Waals surface area contributed by atoms with Gasteiger partial charge in [0.15, 0.2) is 0 Å². The monoisotopic (exact) mass is 347 g/mol. The number of benzene rings is 2. The van der Waals surface area contributed by atoms with Gasteiger partial charge in [0, 0.05) is 23.3 Å².